The van der Waals surface area contributed by atoms with Crippen molar-refractivity contribution in [2.24, 2.45) is 11.7 Å². The molecule has 1 unspecified atom stereocenters. The van der Waals surface area contributed by atoms with Gasteiger partial charge in [0.1, 0.15) is 0 Å². The van der Waals surface area contributed by atoms with Crippen LogP contribution in [0.1, 0.15) is 13.3 Å². The average molecular weight is 259 g/mol. The second kappa shape index (κ2) is 6.10. The first-order valence-electron chi connectivity index (χ1n) is 6.21. The van der Waals surface area contributed by atoms with Gasteiger partial charge < -0.3 is 11.1 Å². The highest BCUT2D eigenvalue weighted by Gasteiger charge is 2.14. The van der Waals surface area contributed by atoms with Crippen molar-refractivity contribution in [1.82, 2.24) is 14.8 Å². The topological polar surface area (TPSA) is 85.8 Å². The molecule has 6 nitrogen and oxygen atoms in total. The normalized spacial score (nSPS) is 12.1. The first kappa shape index (κ1) is 13.2. The number of aromatic nitrogens is 3. The molecule has 1 amide bonds. The third-order valence-electron chi connectivity index (χ3n) is 2.90. The van der Waals surface area contributed by atoms with Crippen LogP contribution in [0.3, 0.4) is 0 Å². The standard InChI is InChI=1S/C13H17N5O/c1-2-10(8-14)13(19)17-11-4-5-12(15-9-11)18-7-3-6-16-18/h3-7,9-10H,2,8,14H2,1H3,(H,17,19). The summed E-state index contributed by atoms with van der Waals surface area (Å²) in [5.41, 5.74) is 6.20. The Morgan fingerprint density at radius 3 is 2.89 bits per heavy atom. The number of nitrogens with one attached hydrogen (secondary N) is 1. The molecule has 0 aromatic carbocycles. The number of hydrogen-bond acceptors (Lipinski definition) is 4. The SMILES string of the molecule is CCC(CN)C(=O)Nc1ccc(-n2cccn2)nc1. The lowest BCUT2D eigenvalue weighted by molar-refractivity contribution is -0.119. The zero-order valence-corrected chi connectivity index (χ0v) is 10.8. The van der Waals surface area contributed by atoms with Crippen molar-refractivity contribution < 1.29 is 4.79 Å². The molecule has 1 atom stereocenters. The second-order valence-corrected chi connectivity index (χ2v) is 4.19. The molecule has 6 heteroatoms. The number of nitrogens with zero attached hydrogens (tertiary/aromatic N) is 3. The fraction of sp³-hybridized carbons (Fsp3) is 0.308. The van der Waals surface area contributed by atoms with Crippen LogP contribution in [0, 0.1) is 5.92 Å². The number of rotatable bonds is 5. The molecule has 0 saturated carbocycles. The molecule has 0 saturated heterocycles. The van der Waals surface area contributed by atoms with Crippen molar-refractivity contribution in [3.05, 3.63) is 36.8 Å². The van der Waals surface area contributed by atoms with Crippen LogP contribution in [-0.4, -0.2) is 27.2 Å². The molecule has 2 rings (SSSR count). The van der Waals surface area contributed by atoms with Gasteiger partial charge in [-0.2, -0.15) is 5.10 Å². The lowest BCUT2D eigenvalue weighted by Gasteiger charge is -2.12. The second-order valence-electron chi connectivity index (χ2n) is 4.19. The number of amides is 1. The van der Waals surface area contributed by atoms with Gasteiger partial charge in [-0.05, 0) is 24.6 Å². The lowest BCUT2D eigenvalue weighted by Crippen LogP contribution is -2.28. The Morgan fingerprint density at radius 1 is 1.53 bits per heavy atom. The fourth-order valence-electron chi connectivity index (χ4n) is 1.70. The van der Waals surface area contributed by atoms with Crippen LogP contribution in [0.4, 0.5) is 5.69 Å². The van der Waals surface area contributed by atoms with Gasteiger partial charge in [0.25, 0.3) is 0 Å². The Morgan fingerprint density at radius 2 is 2.37 bits per heavy atom. The summed E-state index contributed by atoms with van der Waals surface area (Å²) >= 11 is 0. The molecule has 3 N–H and O–H groups in total. The van der Waals surface area contributed by atoms with E-state index in [9.17, 15) is 4.79 Å². The van der Waals surface area contributed by atoms with Crippen LogP contribution in [-0.2, 0) is 4.79 Å². The summed E-state index contributed by atoms with van der Waals surface area (Å²) in [6.07, 6.45) is 5.83. The van der Waals surface area contributed by atoms with E-state index in [-0.39, 0.29) is 11.8 Å². The number of anilines is 1. The van der Waals surface area contributed by atoms with Gasteiger partial charge in [-0.15, -0.1) is 0 Å². The highest BCUT2D eigenvalue weighted by Crippen LogP contribution is 2.11. The predicted octanol–water partition coefficient (Wildman–Crippen LogP) is 1.19. The van der Waals surface area contributed by atoms with Crippen LogP contribution in [0.15, 0.2) is 36.8 Å². The first-order chi connectivity index (χ1) is 9.24. The quantitative estimate of drug-likeness (QED) is 0.844. The van der Waals surface area contributed by atoms with Crippen LogP contribution in [0.5, 0.6) is 0 Å². The van der Waals surface area contributed by atoms with Crippen molar-refractivity contribution >= 4 is 11.6 Å². The number of hydrogen-bond donors (Lipinski definition) is 2. The van der Waals surface area contributed by atoms with Crippen LogP contribution >= 0.6 is 0 Å². The summed E-state index contributed by atoms with van der Waals surface area (Å²) in [5, 5.41) is 6.89. The Labute approximate surface area is 111 Å². The van der Waals surface area contributed by atoms with Gasteiger partial charge in [0.05, 0.1) is 17.8 Å². The highest BCUT2D eigenvalue weighted by atomic mass is 16.1. The molecule has 0 fully saturated rings. The summed E-state index contributed by atoms with van der Waals surface area (Å²) in [7, 11) is 0. The zero-order chi connectivity index (χ0) is 13.7. The molecule has 0 aliphatic heterocycles. The number of carbonyl (C=O) groups is 1. The molecule has 0 aliphatic rings. The number of carbonyl (C=O) groups excluding carboxylic acids is 1. The lowest BCUT2D eigenvalue weighted by atomic mass is 10.1. The average Bonchev–Trinajstić information content (AvgIpc) is 2.95. The molecule has 0 radical (unpaired) electrons. The van der Waals surface area contributed by atoms with Gasteiger partial charge in [-0.25, -0.2) is 9.67 Å². The van der Waals surface area contributed by atoms with Gasteiger partial charge in [0.2, 0.25) is 5.91 Å². The van der Waals surface area contributed by atoms with E-state index in [1.807, 2.05) is 19.2 Å². The molecular formula is C13H17N5O. The van der Waals surface area contributed by atoms with E-state index in [1.165, 1.54) is 0 Å². The molecule has 0 spiro atoms. The van der Waals surface area contributed by atoms with E-state index in [4.69, 9.17) is 5.73 Å². The number of pyridine rings is 1. The van der Waals surface area contributed by atoms with Gasteiger partial charge >= 0.3 is 0 Å². The first-order valence-corrected chi connectivity index (χ1v) is 6.21. The highest BCUT2D eigenvalue weighted by molar-refractivity contribution is 5.92. The minimum Gasteiger partial charge on any atom is -0.330 e. The maximum atomic E-state index is 11.9. The van der Waals surface area contributed by atoms with E-state index < -0.39 is 0 Å². The molecule has 2 aromatic heterocycles. The monoisotopic (exact) mass is 259 g/mol. The van der Waals surface area contributed by atoms with E-state index >= 15 is 0 Å². The molecule has 0 aliphatic carbocycles. The van der Waals surface area contributed by atoms with Crippen molar-refractivity contribution in [2.45, 2.75) is 13.3 Å². The Hall–Kier alpha value is -2.21. The minimum atomic E-state index is -0.161. The molecule has 19 heavy (non-hydrogen) atoms. The molecule has 100 valence electrons. The Balaban J connectivity index is 2.05. The van der Waals surface area contributed by atoms with Gasteiger partial charge in [-0.1, -0.05) is 6.92 Å². The Kier molecular flexibility index (Phi) is 4.25. The molecule has 0 bridgehead atoms. The van der Waals surface area contributed by atoms with Crippen LogP contribution in [0.2, 0.25) is 0 Å². The van der Waals surface area contributed by atoms with Crippen molar-refractivity contribution in [3.8, 4) is 5.82 Å². The summed E-state index contributed by atoms with van der Waals surface area (Å²) in [5.74, 6) is 0.471. The van der Waals surface area contributed by atoms with Gasteiger partial charge in [0, 0.05) is 18.9 Å². The third-order valence-corrected chi connectivity index (χ3v) is 2.90. The predicted molar refractivity (Wildman–Crippen MR) is 72.8 cm³/mol. The smallest absolute Gasteiger partial charge is 0.228 e. The minimum absolute atomic E-state index is 0.0707. The number of nitrogens with two attached hydrogens (primary N) is 1. The van der Waals surface area contributed by atoms with Crippen LogP contribution in [0.25, 0.3) is 5.82 Å². The summed E-state index contributed by atoms with van der Waals surface area (Å²) < 4.78 is 1.65. The Bertz CT molecular complexity index is 516. The summed E-state index contributed by atoms with van der Waals surface area (Å²) in [6.45, 7) is 2.29. The zero-order valence-electron chi connectivity index (χ0n) is 10.8. The molecule has 2 aromatic rings. The van der Waals surface area contributed by atoms with E-state index in [1.54, 1.807) is 29.2 Å². The van der Waals surface area contributed by atoms with E-state index in [0.29, 0.717) is 18.1 Å². The largest absolute Gasteiger partial charge is 0.330 e. The van der Waals surface area contributed by atoms with Gasteiger partial charge in [0.15, 0.2) is 5.82 Å². The molecular weight excluding hydrogens is 242 g/mol. The summed E-state index contributed by atoms with van der Waals surface area (Å²) in [4.78, 5) is 16.1. The van der Waals surface area contributed by atoms with Crippen molar-refractivity contribution in [3.63, 3.8) is 0 Å². The maximum Gasteiger partial charge on any atom is 0.228 e. The fourth-order valence-corrected chi connectivity index (χ4v) is 1.70. The molecule has 2 heterocycles. The van der Waals surface area contributed by atoms with E-state index in [2.05, 4.69) is 15.4 Å². The van der Waals surface area contributed by atoms with Crippen molar-refractivity contribution in [1.29, 1.82) is 0 Å². The van der Waals surface area contributed by atoms with Crippen LogP contribution < -0.4 is 11.1 Å². The van der Waals surface area contributed by atoms with Gasteiger partial charge in [-0.3, -0.25) is 4.79 Å². The van der Waals surface area contributed by atoms with Crippen molar-refractivity contribution in [2.75, 3.05) is 11.9 Å². The van der Waals surface area contributed by atoms with E-state index in [0.717, 1.165) is 6.42 Å². The maximum absolute atomic E-state index is 11.9. The third kappa shape index (κ3) is 3.17. The summed E-state index contributed by atoms with van der Waals surface area (Å²) in [6, 6.07) is 5.42.